The number of benzene rings is 2. The number of rotatable bonds is 10. The highest BCUT2D eigenvalue weighted by Crippen LogP contribution is 2.30. The van der Waals surface area contributed by atoms with Crippen LogP contribution in [0.15, 0.2) is 54.6 Å². The van der Waals surface area contributed by atoms with Gasteiger partial charge in [-0.05, 0) is 43.6 Å². The third-order valence-electron chi connectivity index (χ3n) is 6.61. The molecule has 0 saturated heterocycles. The fourth-order valence-electron chi connectivity index (χ4n) is 4.50. The van der Waals surface area contributed by atoms with Crippen molar-refractivity contribution in [1.82, 2.24) is 10.2 Å². The van der Waals surface area contributed by atoms with Crippen molar-refractivity contribution in [2.45, 2.75) is 52.7 Å². The molecule has 1 aliphatic rings. The molecule has 35 heavy (non-hydrogen) atoms. The van der Waals surface area contributed by atoms with Gasteiger partial charge in [0.15, 0.2) is 0 Å². The standard InChI is InChI=1S/C27H39N5O3/c1-5-30(6-2)18-17-24-22-14-10-11-15-23(22)31(19-16-20(3)4)26(33)25(32(24)35)29-27(34)28-21-12-8-7-9-13-21/h7-15,20,24-25,32H,5-6,16-19H2,1-4H3,(H2,28,29,34). The summed E-state index contributed by atoms with van der Waals surface area (Å²) in [5.74, 6) is 0.0109. The highest BCUT2D eigenvalue weighted by atomic mass is 16.5. The van der Waals surface area contributed by atoms with E-state index in [2.05, 4.69) is 43.2 Å². The Morgan fingerprint density at radius 2 is 1.74 bits per heavy atom. The van der Waals surface area contributed by atoms with E-state index in [1.165, 1.54) is 0 Å². The van der Waals surface area contributed by atoms with Gasteiger partial charge >= 0.3 is 11.9 Å². The van der Waals surface area contributed by atoms with E-state index in [0.717, 1.165) is 37.3 Å². The van der Waals surface area contributed by atoms with E-state index in [9.17, 15) is 14.8 Å². The molecule has 3 rings (SSSR count). The molecule has 0 aromatic heterocycles. The zero-order valence-corrected chi connectivity index (χ0v) is 21.3. The van der Waals surface area contributed by atoms with Crippen molar-refractivity contribution in [1.29, 1.82) is 0 Å². The molecule has 8 heteroatoms. The van der Waals surface area contributed by atoms with E-state index in [1.54, 1.807) is 17.0 Å². The number of carbonyl (C=O) groups excluding carboxylic acids is 2. The van der Waals surface area contributed by atoms with E-state index in [4.69, 9.17) is 0 Å². The van der Waals surface area contributed by atoms with Crippen LogP contribution in [0.1, 0.15) is 52.1 Å². The molecular formula is C27H39N5O3. The van der Waals surface area contributed by atoms with Crippen molar-refractivity contribution in [3.8, 4) is 0 Å². The third kappa shape index (κ3) is 6.81. The molecule has 0 spiro atoms. The summed E-state index contributed by atoms with van der Waals surface area (Å²) < 4.78 is 0. The Labute approximate surface area is 208 Å². The lowest BCUT2D eigenvalue weighted by molar-refractivity contribution is -0.900. The van der Waals surface area contributed by atoms with Crippen LogP contribution in [-0.2, 0) is 4.79 Å². The Bertz CT molecular complexity index is 964. The Morgan fingerprint density at radius 1 is 1.09 bits per heavy atom. The molecule has 2 aromatic carbocycles. The molecule has 0 radical (unpaired) electrons. The normalized spacial score (nSPS) is 20.0. The predicted octanol–water partition coefficient (Wildman–Crippen LogP) is 3.38. The number of fused-ring (bicyclic) bond motifs is 1. The summed E-state index contributed by atoms with van der Waals surface area (Å²) in [6, 6.07) is 15.6. The van der Waals surface area contributed by atoms with Crippen LogP contribution in [0.2, 0.25) is 0 Å². The Balaban J connectivity index is 1.94. The number of urea groups is 1. The Morgan fingerprint density at radius 3 is 2.40 bits per heavy atom. The number of hydrogen-bond acceptors (Lipinski definition) is 4. The van der Waals surface area contributed by atoms with E-state index in [-0.39, 0.29) is 11.0 Å². The number of hydroxylamine groups is 2. The third-order valence-corrected chi connectivity index (χ3v) is 6.61. The van der Waals surface area contributed by atoms with Gasteiger partial charge in [0, 0.05) is 30.8 Å². The SMILES string of the molecule is CCN(CC)CCC1c2ccccc2N(CCC(C)C)C(=O)C(NC(=O)Nc2ccccc2)[NH+]1[O-]. The second-order valence-electron chi connectivity index (χ2n) is 9.40. The molecule has 0 saturated carbocycles. The summed E-state index contributed by atoms with van der Waals surface area (Å²) in [4.78, 5) is 30.6. The molecule has 0 bridgehead atoms. The van der Waals surface area contributed by atoms with Gasteiger partial charge < -0.3 is 25.4 Å². The van der Waals surface area contributed by atoms with Crippen LogP contribution in [0, 0.1) is 11.1 Å². The molecule has 8 nitrogen and oxygen atoms in total. The molecule has 0 fully saturated rings. The number of nitrogens with zero attached hydrogens (tertiary/aromatic N) is 2. The average molecular weight is 482 g/mol. The number of nitrogens with one attached hydrogen (secondary N) is 3. The molecule has 1 aliphatic heterocycles. The number of hydrogen-bond donors (Lipinski definition) is 3. The number of anilines is 2. The van der Waals surface area contributed by atoms with Crippen molar-refractivity contribution in [3.05, 3.63) is 65.4 Å². The predicted molar refractivity (Wildman–Crippen MR) is 140 cm³/mol. The molecule has 1 heterocycles. The van der Waals surface area contributed by atoms with Crippen LogP contribution in [0.4, 0.5) is 16.2 Å². The molecule has 2 aromatic rings. The van der Waals surface area contributed by atoms with Gasteiger partial charge in [-0.1, -0.05) is 64.1 Å². The summed E-state index contributed by atoms with van der Waals surface area (Å²) in [5, 5.41) is 19.1. The fourth-order valence-corrected chi connectivity index (χ4v) is 4.50. The van der Waals surface area contributed by atoms with Crippen LogP contribution >= 0.6 is 0 Å². The minimum absolute atomic E-state index is 0.259. The van der Waals surface area contributed by atoms with Gasteiger partial charge in [0.05, 0.1) is 5.69 Å². The van der Waals surface area contributed by atoms with E-state index >= 15 is 0 Å². The first-order valence-corrected chi connectivity index (χ1v) is 12.6. The number of carbonyl (C=O) groups is 2. The Hall–Kier alpha value is -2.94. The smallest absolute Gasteiger partial charge is 0.324 e. The minimum Gasteiger partial charge on any atom is -0.632 e. The van der Waals surface area contributed by atoms with Crippen molar-refractivity contribution >= 4 is 23.3 Å². The minimum atomic E-state index is -1.25. The van der Waals surface area contributed by atoms with Gasteiger partial charge in [-0.3, -0.25) is 10.1 Å². The summed E-state index contributed by atoms with van der Waals surface area (Å²) >= 11 is 0. The van der Waals surface area contributed by atoms with Gasteiger partial charge in [0.2, 0.25) is 6.17 Å². The Kier molecular flexibility index (Phi) is 9.65. The highest BCUT2D eigenvalue weighted by Gasteiger charge is 2.41. The lowest BCUT2D eigenvalue weighted by Crippen LogP contribution is -3.15. The number of quaternary nitrogens is 1. The van der Waals surface area contributed by atoms with Crippen molar-refractivity contribution < 1.29 is 14.7 Å². The lowest BCUT2D eigenvalue weighted by atomic mass is 10.0. The van der Waals surface area contributed by atoms with Gasteiger partial charge in [-0.15, -0.1) is 0 Å². The number of para-hydroxylation sites is 2. The first kappa shape index (κ1) is 26.7. The van der Waals surface area contributed by atoms with Crippen LogP contribution in [0.25, 0.3) is 0 Å². The maximum absolute atomic E-state index is 13.9. The first-order valence-electron chi connectivity index (χ1n) is 12.6. The van der Waals surface area contributed by atoms with Gasteiger partial charge in [0.1, 0.15) is 6.04 Å². The van der Waals surface area contributed by atoms with Crippen molar-refractivity contribution in [2.24, 2.45) is 5.92 Å². The van der Waals surface area contributed by atoms with Gasteiger partial charge in [-0.2, -0.15) is 0 Å². The maximum atomic E-state index is 13.9. The summed E-state index contributed by atoms with van der Waals surface area (Å²) in [6.07, 6.45) is 0.128. The van der Waals surface area contributed by atoms with Gasteiger partial charge in [-0.25, -0.2) is 4.79 Å². The van der Waals surface area contributed by atoms with Crippen LogP contribution in [-0.4, -0.2) is 49.2 Å². The highest BCUT2D eigenvalue weighted by molar-refractivity contribution is 6.00. The summed E-state index contributed by atoms with van der Waals surface area (Å²) in [5.41, 5.74) is 2.22. The van der Waals surface area contributed by atoms with Crippen LogP contribution in [0.3, 0.4) is 0 Å². The molecule has 3 unspecified atom stereocenters. The molecule has 0 aliphatic carbocycles. The quantitative estimate of drug-likeness (QED) is 0.454. The maximum Gasteiger partial charge on any atom is 0.324 e. The van der Waals surface area contributed by atoms with Crippen molar-refractivity contribution in [3.63, 3.8) is 0 Å². The molecule has 3 atom stereocenters. The second-order valence-corrected chi connectivity index (χ2v) is 9.40. The summed E-state index contributed by atoms with van der Waals surface area (Å²) in [6.45, 7) is 11.4. The van der Waals surface area contributed by atoms with Gasteiger partial charge in [0.25, 0.3) is 0 Å². The second kappa shape index (κ2) is 12.7. The molecule has 3 N–H and O–H groups in total. The van der Waals surface area contributed by atoms with Crippen LogP contribution < -0.4 is 20.6 Å². The topological polar surface area (TPSA) is 92.2 Å². The summed E-state index contributed by atoms with van der Waals surface area (Å²) in [7, 11) is 0. The lowest BCUT2D eigenvalue weighted by Gasteiger charge is -2.36. The van der Waals surface area contributed by atoms with E-state index in [0.29, 0.717) is 24.6 Å². The van der Waals surface area contributed by atoms with Crippen LogP contribution in [0.5, 0.6) is 0 Å². The van der Waals surface area contributed by atoms with E-state index in [1.807, 2.05) is 42.5 Å². The molecule has 190 valence electrons. The zero-order chi connectivity index (χ0) is 25.4. The molecule has 3 amide bonds. The average Bonchev–Trinajstić information content (AvgIpc) is 2.93. The molecular weight excluding hydrogens is 442 g/mol. The first-order chi connectivity index (χ1) is 16.8. The van der Waals surface area contributed by atoms with E-state index < -0.39 is 18.2 Å². The monoisotopic (exact) mass is 481 g/mol. The van der Waals surface area contributed by atoms with Crippen molar-refractivity contribution in [2.75, 3.05) is 36.4 Å². The zero-order valence-electron chi connectivity index (χ0n) is 21.3. The number of amides is 3. The largest absolute Gasteiger partial charge is 0.632 e. The fraction of sp³-hybridized carbons (Fsp3) is 0.481.